The highest BCUT2D eigenvalue weighted by molar-refractivity contribution is 5.76. The molecular formula is C70H121NO8. The summed E-state index contributed by atoms with van der Waals surface area (Å²) in [5.41, 5.74) is 0. The van der Waals surface area contributed by atoms with Gasteiger partial charge in [-0.2, -0.15) is 0 Å². The predicted molar refractivity (Wildman–Crippen MR) is 336 cm³/mol. The monoisotopic (exact) mass is 1100 g/mol. The number of hydrogen-bond donors (Lipinski definition) is 6. The number of allylic oxidation sites excluding steroid dienone is 17. The standard InChI is InChI=1S/C70H121NO8/c1-3-5-7-9-11-13-15-17-19-21-23-25-27-29-31-32-34-36-38-40-42-44-46-48-50-52-54-56-58-60-66(74)71-63(62-78-70-69(77)68(76)67(75)65(61-72)79-70)64(73)59-57-55-53-51-49-47-45-43-41-39-37-35-33-30-28-26-24-22-20-18-16-14-12-10-8-6-4-2/h5,7,11,13,17,19,23,25,29,31,34,36,41,43,49,51,57,59,63-65,67-70,72-73,75-77H,3-4,6,8-10,12,14-16,18,20-22,24,26-28,30,32-33,35,37-40,42,44-48,50,52-56,58,60-62H2,1-2H3,(H,71,74)/b7-5-,13-11-,19-17-,25-23-,31-29-,36-34-,43-41+,51-49+,59-57+. The van der Waals surface area contributed by atoms with Crippen LogP contribution >= 0.6 is 0 Å². The van der Waals surface area contributed by atoms with E-state index in [1.54, 1.807) is 6.08 Å². The number of rotatable bonds is 55. The number of carbonyl (C=O) groups excluding carboxylic acids is 1. The van der Waals surface area contributed by atoms with E-state index < -0.39 is 49.5 Å². The minimum atomic E-state index is -1.58. The normalized spacial score (nSPS) is 19.3. The van der Waals surface area contributed by atoms with Crippen molar-refractivity contribution in [2.24, 2.45) is 0 Å². The molecule has 0 aromatic rings. The zero-order valence-corrected chi connectivity index (χ0v) is 50.6. The number of aliphatic hydroxyl groups excluding tert-OH is 5. The Balaban J connectivity index is 2.23. The van der Waals surface area contributed by atoms with Crippen molar-refractivity contribution in [3.05, 3.63) is 109 Å². The fraction of sp³-hybridized carbons (Fsp3) is 0.729. The van der Waals surface area contributed by atoms with Crippen LogP contribution in [0.5, 0.6) is 0 Å². The summed E-state index contributed by atoms with van der Waals surface area (Å²) in [6.07, 6.45) is 78.8. The van der Waals surface area contributed by atoms with E-state index in [9.17, 15) is 30.3 Å². The smallest absolute Gasteiger partial charge is 0.220 e. The van der Waals surface area contributed by atoms with Gasteiger partial charge in [0.25, 0.3) is 0 Å². The van der Waals surface area contributed by atoms with Gasteiger partial charge in [0, 0.05) is 6.42 Å². The summed E-state index contributed by atoms with van der Waals surface area (Å²) >= 11 is 0. The second-order valence-corrected chi connectivity index (χ2v) is 22.2. The maximum atomic E-state index is 13.1. The Bertz CT molecular complexity index is 1610. The Morgan fingerprint density at radius 2 is 0.797 bits per heavy atom. The number of amides is 1. The first-order valence-corrected chi connectivity index (χ1v) is 32.6. The highest BCUT2D eigenvalue weighted by atomic mass is 16.7. The van der Waals surface area contributed by atoms with Gasteiger partial charge in [-0.1, -0.05) is 277 Å². The average Bonchev–Trinajstić information content (AvgIpc) is 3.47. The van der Waals surface area contributed by atoms with Crippen molar-refractivity contribution in [2.45, 2.75) is 314 Å². The minimum Gasteiger partial charge on any atom is -0.394 e. The van der Waals surface area contributed by atoms with Gasteiger partial charge in [-0.15, -0.1) is 0 Å². The quantitative estimate of drug-likeness (QED) is 0.0261. The summed E-state index contributed by atoms with van der Waals surface area (Å²) in [4.78, 5) is 13.1. The Morgan fingerprint density at radius 3 is 1.22 bits per heavy atom. The third-order valence-corrected chi connectivity index (χ3v) is 14.8. The Kier molecular flexibility index (Phi) is 54.3. The molecule has 1 rings (SSSR count). The Labute approximate surface area is 485 Å². The van der Waals surface area contributed by atoms with E-state index in [0.717, 1.165) is 96.3 Å². The first-order chi connectivity index (χ1) is 38.8. The molecular weight excluding hydrogens is 983 g/mol. The number of aliphatic hydroxyl groups is 5. The molecule has 0 radical (unpaired) electrons. The Hall–Kier alpha value is -3.15. The Morgan fingerprint density at radius 1 is 0.443 bits per heavy atom. The number of unbranched alkanes of at least 4 members (excludes halogenated alkanes) is 29. The lowest BCUT2D eigenvalue weighted by molar-refractivity contribution is -0.302. The van der Waals surface area contributed by atoms with Gasteiger partial charge in [0.05, 0.1) is 25.4 Å². The fourth-order valence-corrected chi connectivity index (χ4v) is 9.72. The zero-order chi connectivity index (χ0) is 57.2. The van der Waals surface area contributed by atoms with E-state index in [1.165, 1.54) is 154 Å². The van der Waals surface area contributed by atoms with Gasteiger partial charge in [-0.25, -0.2) is 0 Å². The first kappa shape index (κ1) is 73.9. The van der Waals surface area contributed by atoms with Crippen LogP contribution in [-0.2, 0) is 14.3 Å². The van der Waals surface area contributed by atoms with Crippen molar-refractivity contribution in [1.29, 1.82) is 0 Å². The van der Waals surface area contributed by atoms with E-state index in [2.05, 4.69) is 116 Å². The van der Waals surface area contributed by atoms with Crippen LogP contribution in [0.1, 0.15) is 271 Å². The molecule has 9 heteroatoms. The minimum absolute atomic E-state index is 0.198. The van der Waals surface area contributed by atoms with E-state index >= 15 is 0 Å². The van der Waals surface area contributed by atoms with Crippen LogP contribution in [0.3, 0.4) is 0 Å². The van der Waals surface area contributed by atoms with E-state index in [4.69, 9.17) is 9.47 Å². The summed E-state index contributed by atoms with van der Waals surface area (Å²) in [6, 6.07) is -0.840. The van der Waals surface area contributed by atoms with E-state index in [-0.39, 0.29) is 12.5 Å². The number of ether oxygens (including phenoxy) is 2. The molecule has 0 saturated carbocycles. The summed E-state index contributed by atoms with van der Waals surface area (Å²) in [6.45, 7) is 3.66. The van der Waals surface area contributed by atoms with Crippen molar-refractivity contribution in [3.8, 4) is 0 Å². The third-order valence-electron chi connectivity index (χ3n) is 14.8. The molecule has 7 atom stereocenters. The van der Waals surface area contributed by atoms with Gasteiger partial charge in [0.2, 0.25) is 5.91 Å². The van der Waals surface area contributed by atoms with E-state index in [1.807, 2.05) is 6.08 Å². The molecule has 1 fully saturated rings. The number of nitrogens with one attached hydrogen (secondary N) is 1. The van der Waals surface area contributed by atoms with Gasteiger partial charge in [-0.3, -0.25) is 4.79 Å². The lowest BCUT2D eigenvalue weighted by atomic mass is 9.99. The molecule has 1 aliphatic rings. The molecule has 0 aromatic carbocycles. The zero-order valence-electron chi connectivity index (χ0n) is 50.6. The van der Waals surface area contributed by atoms with Crippen molar-refractivity contribution in [3.63, 3.8) is 0 Å². The van der Waals surface area contributed by atoms with Gasteiger partial charge >= 0.3 is 0 Å². The van der Waals surface area contributed by atoms with Crippen LogP contribution in [0.2, 0.25) is 0 Å². The lowest BCUT2D eigenvalue weighted by Crippen LogP contribution is -2.60. The fourth-order valence-electron chi connectivity index (χ4n) is 9.72. The molecule has 6 N–H and O–H groups in total. The molecule has 0 spiro atoms. The summed E-state index contributed by atoms with van der Waals surface area (Å²) in [5.74, 6) is -0.198. The lowest BCUT2D eigenvalue weighted by Gasteiger charge is -2.40. The maximum absolute atomic E-state index is 13.1. The van der Waals surface area contributed by atoms with Crippen molar-refractivity contribution >= 4 is 5.91 Å². The third kappa shape index (κ3) is 47.1. The number of carbonyl (C=O) groups is 1. The highest BCUT2D eigenvalue weighted by Crippen LogP contribution is 2.23. The van der Waals surface area contributed by atoms with E-state index in [0.29, 0.717) is 6.42 Å². The summed E-state index contributed by atoms with van der Waals surface area (Å²) in [7, 11) is 0. The molecule has 1 amide bonds. The number of hydrogen-bond acceptors (Lipinski definition) is 8. The SMILES string of the molecule is CC/C=C\C/C=C\C/C=C\C/C=C\C/C=C\C/C=C\CCCCCCCCCCCCC(=O)NC(COC1OC(CO)C(O)C(O)C1O)C(O)/C=C/CC/C=C/CC/C=C/CCCCCCCCCCCCCCCCCCC. The molecule has 79 heavy (non-hydrogen) atoms. The molecule has 7 unspecified atom stereocenters. The molecule has 9 nitrogen and oxygen atoms in total. The summed E-state index contributed by atoms with van der Waals surface area (Å²) < 4.78 is 11.3. The van der Waals surface area contributed by atoms with Crippen LogP contribution < -0.4 is 5.32 Å². The molecule has 454 valence electrons. The molecule has 1 heterocycles. The second-order valence-electron chi connectivity index (χ2n) is 22.2. The van der Waals surface area contributed by atoms with Crippen LogP contribution in [-0.4, -0.2) is 87.5 Å². The van der Waals surface area contributed by atoms with Gasteiger partial charge in [0.1, 0.15) is 24.4 Å². The molecule has 0 aliphatic carbocycles. The van der Waals surface area contributed by atoms with Crippen molar-refractivity contribution < 1.29 is 39.8 Å². The molecule has 1 saturated heterocycles. The highest BCUT2D eigenvalue weighted by Gasteiger charge is 2.44. The van der Waals surface area contributed by atoms with Crippen molar-refractivity contribution in [2.75, 3.05) is 13.2 Å². The van der Waals surface area contributed by atoms with Crippen molar-refractivity contribution in [1.82, 2.24) is 5.32 Å². The maximum Gasteiger partial charge on any atom is 0.220 e. The van der Waals surface area contributed by atoms with Gasteiger partial charge in [0.15, 0.2) is 6.29 Å². The van der Waals surface area contributed by atoms with Crippen LogP contribution in [0.4, 0.5) is 0 Å². The molecule has 0 bridgehead atoms. The van der Waals surface area contributed by atoms with Gasteiger partial charge < -0.3 is 40.3 Å². The van der Waals surface area contributed by atoms with Crippen LogP contribution in [0.25, 0.3) is 0 Å². The van der Waals surface area contributed by atoms with Crippen LogP contribution in [0.15, 0.2) is 109 Å². The van der Waals surface area contributed by atoms with Gasteiger partial charge in [-0.05, 0) is 96.3 Å². The first-order valence-electron chi connectivity index (χ1n) is 32.6. The van der Waals surface area contributed by atoms with Crippen LogP contribution in [0, 0.1) is 0 Å². The largest absolute Gasteiger partial charge is 0.394 e. The average molecular weight is 1100 g/mol. The summed E-state index contributed by atoms with van der Waals surface area (Å²) in [5, 5.41) is 54.6. The topological polar surface area (TPSA) is 149 Å². The second kappa shape index (κ2) is 58.1. The predicted octanol–water partition coefficient (Wildman–Crippen LogP) is 17.3. The molecule has 1 aliphatic heterocycles. The molecule has 0 aromatic heterocycles.